The monoisotopic (exact) mass is 417 g/mol. The normalized spacial score (nSPS) is 10.7. The Labute approximate surface area is 180 Å². The molecule has 4 aromatic rings. The molecule has 0 spiro atoms. The highest BCUT2D eigenvalue weighted by Crippen LogP contribution is 2.35. The number of hydrogen-bond acceptors (Lipinski definition) is 3. The topological polar surface area (TPSA) is 22.1 Å². The third kappa shape index (κ3) is 5.00. The van der Waals surface area contributed by atoms with Crippen LogP contribution in [0.15, 0.2) is 94.9 Å². The van der Waals surface area contributed by atoms with Crippen LogP contribution in [0.1, 0.15) is 11.1 Å². The molecule has 0 aliphatic heterocycles. The average molecular weight is 418 g/mol. The van der Waals surface area contributed by atoms with Crippen LogP contribution >= 0.6 is 23.4 Å². The zero-order valence-corrected chi connectivity index (χ0v) is 17.8. The Balaban J connectivity index is 1.61. The molecule has 3 aromatic carbocycles. The number of nitrogens with zero attached hydrogens (tertiary/aromatic N) is 1. The van der Waals surface area contributed by atoms with Crippen LogP contribution in [0.25, 0.3) is 11.3 Å². The number of pyridine rings is 1. The first-order valence-electron chi connectivity index (χ1n) is 9.32. The molecule has 0 N–H and O–H groups in total. The number of aryl methyl sites for hydroxylation is 2. The van der Waals surface area contributed by atoms with Crippen molar-refractivity contribution in [3.05, 3.63) is 101 Å². The van der Waals surface area contributed by atoms with Gasteiger partial charge in [0.1, 0.15) is 11.5 Å². The second kappa shape index (κ2) is 8.73. The van der Waals surface area contributed by atoms with E-state index < -0.39 is 0 Å². The molecule has 0 atom stereocenters. The summed E-state index contributed by atoms with van der Waals surface area (Å²) in [6, 6.07) is 26.2. The van der Waals surface area contributed by atoms with Crippen molar-refractivity contribution in [1.82, 2.24) is 4.98 Å². The van der Waals surface area contributed by atoms with Gasteiger partial charge in [0.25, 0.3) is 0 Å². The molecule has 0 aliphatic carbocycles. The van der Waals surface area contributed by atoms with Gasteiger partial charge in [0, 0.05) is 21.6 Å². The summed E-state index contributed by atoms with van der Waals surface area (Å²) >= 11 is 8.20. The second-order valence-electron chi connectivity index (χ2n) is 6.85. The Morgan fingerprint density at radius 1 is 0.759 bits per heavy atom. The van der Waals surface area contributed by atoms with Crippen molar-refractivity contribution in [1.29, 1.82) is 0 Å². The van der Waals surface area contributed by atoms with Gasteiger partial charge in [-0.05, 0) is 68.4 Å². The lowest BCUT2D eigenvalue weighted by Gasteiger charge is -2.10. The summed E-state index contributed by atoms with van der Waals surface area (Å²) in [5.74, 6) is 1.52. The van der Waals surface area contributed by atoms with Crippen LogP contribution in [0, 0.1) is 13.8 Å². The van der Waals surface area contributed by atoms with E-state index >= 15 is 0 Å². The molecule has 144 valence electrons. The van der Waals surface area contributed by atoms with Gasteiger partial charge in [0.2, 0.25) is 0 Å². The molecule has 1 heterocycles. The number of halogens is 1. The minimum absolute atomic E-state index is 0.645. The Morgan fingerprint density at radius 2 is 1.52 bits per heavy atom. The van der Waals surface area contributed by atoms with Gasteiger partial charge in [0.15, 0.2) is 0 Å². The van der Waals surface area contributed by atoms with Gasteiger partial charge >= 0.3 is 0 Å². The van der Waals surface area contributed by atoms with Gasteiger partial charge in [0.05, 0.1) is 10.7 Å². The maximum Gasteiger partial charge on any atom is 0.128 e. The van der Waals surface area contributed by atoms with Crippen molar-refractivity contribution < 1.29 is 4.74 Å². The maximum absolute atomic E-state index is 6.49. The minimum atomic E-state index is 0.645. The summed E-state index contributed by atoms with van der Waals surface area (Å²) in [5.41, 5.74) is 4.11. The minimum Gasteiger partial charge on any atom is -0.457 e. The highest BCUT2D eigenvalue weighted by Gasteiger charge is 2.09. The van der Waals surface area contributed by atoms with E-state index in [2.05, 4.69) is 49.2 Å². The van der Waals surface area contributed by atoms with Crippen molar-refractivity contribution in [2.24, 2.45) is 0 Å². The molecule has 0 saturated carbocycles. The summed E-state index contributed by atoms with van der Waals surface area (Å²) in [6.07, 6.45) is 1.82. The molecule has 0 amide bonds. The van der Waals surface area contributed by atoms with Crippen LogP contribution in [0.3, 0.4) is 0 Å². The fraction of sp³-hybridized carbons (Fsp3) is 0.0800. The van der Waals surface area contributed by atoms with Crippen LogP contribution < -0.4 is 4.74 Å². The van der Waals surface area contributed by atoms with Gasteiger partial charge in [-0.25, -0.2) is 0 Å². The Bertz CT molecular complexity index is 1140. The van der Waals surface area contributed by atoms with Gasteiger partial charge in [-0.1, -0.05) is 58.8 Å². The number of rotatable bonds is 5. The van der Waals surface area contributed by atoms with Crippen LogP contribution in [0.2, 0.25) is 5.02 Å². The molecule has 0 bridgehead atoms. The second-order valence-corrected chi connectivity index (χ2v) is 8.41. The number of hydrogen-bond donors (Lipinski definition) is 0. The van der Waals surface area contributed by atoms with Crippen LogP contribution in [0.5, 0.6) is 11.5 Å². The van der Waals surface area contributed by atoms with Crippen LogP contribution in [-0.2, 0) is 0 Å². The van der Waals surface area contributed by atoms with E-state index in [1.165, 1.54) is 16.0 Å². The molecule has 1 aromatic heterocycles. The SMILES string of the molecule is Cc1ccc(Oc2ccc(Cl)c(-c3cc(Sc4cccc(C)c4)ccn3)c2)cc1. The zero-order chi connectivity index (χ0) is 20.2. The number of benzene rings is 3. The molecule has 0 aliphatic rings. The van der Waals surface area contributed by atoms with Crippen molar-refractivity contribution in [3.8, 4) is 22.8 Å². The number of ether oxygens (including phenoxy) is 1. The standard InChI is InChI=1S/C25H20ClNOS/c1-17-6-8-19(9-7-17)28-20-10-11-24(26)23(15-20)25-16-22(12-13-27-25)29-21-5-3-4-18(2)14-21/h3-16H,1-2H3. The molecule has 0 radical (unpaired) electrons. The first kappa shape index (κ1) is 19.6. The highest BCUT2D eigenvalue weighted by atomic mass is 35.5. The first-order chi connectivity index (χ1) is 14.1. The molecule has 0 saturated heterocycles. The van der Waals surface area contributed by atoms with Crippen molar-refractivity contribution in [2.75, 3.05) is 0 Å². The Hall–Kier alpha value is -2.75. The van der Waals surface area contributed by atoms with Gasteiger partial charge in [-0.15, -0.1) is 0 Å². The maximum atomic E-state index is 6.49. The predicted molar refractivity (Wildman–Crippen MR) is 121 cm³/mol. The van der Waals surface area contributed by atoms with Gasteiger partial charge in [-0.2, -0.15) is 0 Å². The number of aromatic nitrogens is 1. The van der Waals surface area contributed by atoms with E-state index in [4.69, 9.17) is 16.3 Å². The zero-order valence-electron chi connectivity index (χ0n) is 16.2. The molecule has 29 heavy (non-hydrogen) atoms. The molecular formula is C25H20ClNOS. The van der Waals surface area contributed by atoms with Crippen molar-refractivity contribution in [3.63, 3.8) is 0 Å². The van der Waals surface area contributed by atoms with Crippen molar-refractivity contribution >= 4 is 23.4 Å². The van der Waals surface area contributed by atoms with Crippen LogP contribution in [0.4, 0.5) is 0 Å². The highest BCUT2D eigenvalue weighted by molar-refractivity contribution is 7.99. The summed E-state index contributed by atoms with van der Waals surface area (Å²) in [4.78, 5) is 6.85. The summed E-state index contributed by atoms with van der Waals surface area (Å²) in [7, 11) is 0. The lowest BCUT2D eigenvalue weighted by Crippen LogP contribution is -1.89. The average Bonchev–Trinajstić information content (AvgIpc) is 2.71. The molecule has 4 heteroatoms. The smallest absolute Gasteiger partial charge is 0.128 e. The van der Waals surface area contributed by atoms with E-state index in [0.717, 1.165) is 27.7 Å². The summed E-state index contributed by atoms with van der Waals surface area (Å²) < 4.78 is 6.00. The fourth-order valence-electron chi connectivity index (χ4n) is 2.94. The fourth-order valence-corrected chi connectivity index (χ4v) is 4.12. The van der Waals surface area contributed by atoms with Gasteiger partial charge in [-0.3, -0.25) is 4.98 Å². The van der Waals surface area contributed by atoms with Crippen LogP contribution in [-0.4, -0.2) is 4.98 Å². The molecule has 0 unspecified atom stereocenters. The summed E-state index contributed by atoms with van der Waals surface area (Å²) in [5, 5.41) is 0.645. The van der Waals surface area contributed by atoms with E-state index in [1.54, 1.807) is 11.8 Å². The molecule has 0 fully saturated rings. The van der Waals surface area contributed by atoms with E-state index in [0.29, 0.717) is 5.02 Å². The largest absolute Gasteiger partial charge is 0.457 e. The molecular weight excluding hydrogens is 398 g/mol. The molecule has 2 nitrogen and oxygen atoms in total. The Morgan fingerprint density at radius 3 is 2.31 bits per heavy atom. The molecule has 4 rings (SSSR count). The van der Waals surface area contributed by atoms with Gasteiger partial charge < -0.3 is 4.74 Å². The predicted octanol–water partition coefficient (Wildman–Crippen LogP) is 7.96. The van der Waals surface area contributed by atoms with E-state index in [1.807, 2.05) is 54.7 Å². The lowest BCUT2D eigenvalue weighted by molar-refractivity contribution is 0.483. The van der Waals surface area contributed by atoms with Crippen molar-refractivity contribution in [2.45, 2.75) is 23.6 Å². The Kier molecular flexibility index (Phi) is 5.89. The third-order valence-corrected chi connectivity index (χ3v) is 5.74. The quantitative estimate of drug-likeness (QED) is 0.328. The first-order valence-corrected chi connectivity index (χ1v) is 10.5. The lowest BCUT2D eigenvalue weighted by atomic mass is 10.1. The summed E-state index contributed by atoms with van der Waals surface area (Å²) in [6.45, 7) is 4.15. The van der Waals surface area contributed by atoms with E-state index in [9.17, 15) is 0 Å². The van der Waals surface area contributed by atoms with E-state index in [-0.39, 0.29) is 0 Å². The third-order valence-electron chi connectivity index (χ3n) is 4.43.